The highest BCUT2D eigenvalue weighted by atomic mass is 16.5. The van der Waals surface area contributed by atoms with Gasteiger partial charge in [0.25, 0.3) is 5.91 Å². The monoisotopic (exact) mass is 366 g/mol. The standard InChI is InChI=1S/C21H22N2O4/c1-14(2)21(26)27-13-7-12-23-20(25)16-9-4-3-8-15(16)19(24)17-10-5-6-11-18(17)22/h3-6,8-11H,1,7,12-13,22H2,2H3,(H,23,25). The van der Waals surface area contributed by atoms with Crippen LogP contribution in [0.3, 0.4) is 0 Å². The average Bonchev–Trinajstić information content (AvgIpc) is 2.67. The van der Waals surface area contributed by atoms with Crippen molar-refractivity contribution in [2.24, 2.45) is 0 Å². The number of esters is 1. The quantitative estimate of drug-likeness (QED) is 0.246. The van der Waals surface area contributed by atoms with E-state index < -0.39 is 5.97 Å². The summed E-state index contributed by atoms with van der Waals surface area (Å²) in [6.45, 7) is 5.54. The number of rotatable bonds is 8. The van der Waals surface area contributed by atoms with Crippen molar-refractivity contribution in [2.45, 2.75) is 13.3 Å². The SMILES string of the molecule is C=C(C)C(=O)OCCCNC(=O)c1ccccc1C(=O)c1ccccc1N. The van der Waals surface area contributed by atoms with Gasteiger partial charge in [0, 0.05) is 28.9 Å². The van der Waals surface area contributed by atoms with Crippen LogP contribution < -0.4 is 11.1 Å². The number of amides is 1. The molecular weight excluding hydrogens is 344 g/mol. The van der Waals surface area contributed by atoms with Gasteiger partial charge < -0.3 is 15.8 Å². The van der Waals surface area contributed by atoms with Crippen molar-refractivity contribution < 1.29 is 19.1 Å². The normalized spacial score (nSPS) is 10.1. The number of benzene rings is 2. The molecule has 0 aliphatic heterocycles. The minimum absolute atomic E-state index is 0.174. The predicted molar refractivity (Wildman–Crippen MR) is 103 cm³/mol. The van der Waals surface area contributed by atoms with Crippen LogP contribution in [0.2, 0.25) is 0 Å². The summed E-state index contributed by atoms with van der Waals surface area (Å²) in [6.07, 6.45) is 0.451. The van der Waals surface area contributed by atoms with Crippen LogP contribution in [0, 0.1) is 0 Å². The minimum Gasteiger partial charge on any atom is -0.462 e. The van der Waals surface area contributed by atoms with E-state index in [4.69, 9.17) is 10.5 Å². The second-order valence-corrected chi connectivity index (χ2v) is 5.99. The molecule has 0 unspecified atom stereocenters. The topological polar surface area (TPSA) is 98.5 Å². The third-order valence-corrected chi connectivity index (χ3v) is 3.81. The van der Waals surface area contributed by atoms with Gasteiger partial charge in [0.2, 0.25) is 0 Å². The molecule has 1 amide bonds. The maximum Gasteiger partial charge on any atom is 0.333 e. The molecule has 6 heteroatoms. The van der Waals surface area contributed by atoms with E-state index in [0.717, 1.165) is 0 Å². The van der Waals surface area contributed by atoms with Gasteiger partial charge in [-0.3, -0.25) is 9.59 Å². The minimum atomic E-state index is -0.460. The first-order chi connectivity index (χ1) is 12.9. The van der Waals surface area contributed by atoms with E-state index in [1.807, 2.05) is 0 Å². The van der Waals surface area contributed by atoms with Gasteiger partial charge in [0.15, 0.2) is 5.78 Å². The lowest BCUT2D eigenvalue weighted by Crippen LogP contribution is -2.27. The third-order valence-electron chi connectivity index (χ3n) is 3.81. The fourth-order valence-electron chi connectivity index (χ4n) is 2.39. The Kier molecular flexibility index (Phi) is 6.88. The third kappa shape index (κ3) is 5.28. The summed E-state index contributed by atoms with van der Waals surface area (Å²) in [7, 11) is 0. The molecule has 0 saturated carbocycles. The van der Waals surface area contributed by atoms with Crippen molar-refractivity contribution in [3.63, 3.8) is 0 Å². The summed E-state index contributed by atoms with van der Waals surface area (Å²) in [6, 6.07) is 13.3. The Balaban J connectivity index is 2.01. The number of ketones is 1. The summed E-state index contributed by atoms with van der Waals surface area (Å²) in [5.74, 6) is -1.15. The molecule has 0 aliphatic rings. The van der Waals surface area contributed by atoms with Crippen LogP contribution >= 0.6 is 0 Å². The number of nitrogens with one attached hydrogen (secondary N) is 1. The van der Waals surface area contributed by atoms with Crippen molar-refractivity contribution in [1.82, 2.24) is 5.32 Å². The fourth-order valence-corrected chi connectivity index (χ4v) is 2.39. The van der Waals surface area contributed by atoms with Gasteiger partial charge in [-0.1, -0.05) is 36.9 Å². The molecule has 0 aromatic heterocycles. The molecule has 2 rings (SSSR count). The van der Waals surface area contributed by atoms with Crippen LogP contribution in [0.4, 0.5) is 5.69 Å². The van der Waals surface area contributed by atoms with Crippen LogP contribution in [0.25, 0.3) is 0 Å². The number of anilines is 1. The molecule has 3 N–H and O–H groups in total. The van der Waals surface area contributed by atoms with Gasteiger partial charge in [-0.2, -0.15) is 0 Å². The van der Waals surface area contributed by atoms with Crippen LogP contribution in [0.15, 0.2) is 60.7 Å². The summed E-state index contributed by atoms with van der Waals surface area (Å²) in [5, 5.41) is 2.73. The zero-order valence-electron chi connectivity index (χ0n) is 15.2. The Morgan fingerprint density at radius 2 is 1.59 bits per heavy atom. The molecule has 6 nitrogen and oxygen atoms in total. The fraction of sp³-hybridized carbons (Fsp3) is 0.190. The number of para-hydroxylation sites is 1. The highest BCUT2D eigenvalue weighted by molar-refractivity contribution is 6.17. The molecule has 2 aromatic rings. The lowest BCUT2D eigenvalue weighted by Gasteiger charge is -2.11. The molecule has 0 bridgehead atoms. The second kappa shape index (κ2) is 9.33. The first-order valence-electron chi connectivity index (χ1n) is 8.51. The van der Waals surface area contributed by atoms with Gasteiger partial charge in [-0.15, -0.1) is 0 Å². The second-order valence-electron chi connectivity index (χ2n) is 5.99. The van der Waals surface area contributed by atoms with E-state index >= 15 is 0 Å². The summed E-state index contributed by atoms with van der Waals surface area (Å²) >= 11 is 0. The molecule has 2 aromatic carbocycles. The highest BCUT2D eigenvalue weighted by Crippen LogP contribution is 2.19. The van der Waals surface area contributed by atoms with E-state index in [2.05, 4.69) is 11.9 Å². The zero-order chi connectivity index (χ0) is 19.8. The lowest BCUT2D eigenvalue weighted by molar-refractivity contribution is -0.138. The first-order valence-corrected chi connectivity index (χ1v) is 8.51. The molecule has 0 heterocycles. The number of nitrogens with two attached hydrogens (primary N) is 1. The van der Waals surface area contributed by atoms with Gasteiger partial charge in [-0.25, -0.2) is 4.79 Å². The van der Waals surface area contributed by atoms with Crippen LogP contribution in [-0.2, 0) is 9.53 Å². The Hall–Kier alpha value is -3.41. The molecule has 0 atom stereocenters. The summed E-state index contributed by atoms with van der Waals surface area (Å²) < 4.78 is 4.97. The van der Waals surface area contributed by atoms with E-state index in [1.165, 1.54) is 0 Å². The van der Waals surface area contributed by atoms with Crippen LogP contribution in [0.5, 0.6) is 0 Å². The number of ether oxygens (including phenoxy) is 1. The molecule has 0 spiro atoms. The van der Waals surface area contributed by atoms with Gasteiger partial charge in [0.05, 0.1) is 12.2 Å². The Morgan fingerprint density at radius 3 is 2.22 bits per heavy atom. The average molecular weight is 366 g/mol. The van der Waals surface area contributed by atoms with E-state index in [0.29, 0.717) is 29.8 Å². The predicted octanol–water partition coefficient (Wildman–Crippen LogP) is 2.74. The zero-order valence-corrected chi connectivity index (χ0v) is 15.2. The number of nitrogen functional groups attached to an aromatic ring is 1. The van der Waals surface area contributed by atoms with E-state index in [1.54, 1.807) is 55.5 Å². The lowest BCUT2D eigenvalue weighted by atomic mass is 9.97. The first kappa shape index (κ1) is 19.9. The van der Waals surface area contributed by atoms with Crippen LogP contribution in [0.1, 0.15) is 39.6 Å². The van der Waals surface area contributed by atoms with Crippen molar-refractivity contribution in [1.29, 1.82) is 0 Å². The van der Waals surface area contributed by atoms with Crippen molar-refractivity contribution in [2.75, 3.05) is 18.9 Å². The molecule has 0 aliphatic carbocycles. The maximum atomic E-state index is 12.8. The largest absolute Gasteiger partial charge is 0.462 e. The smallest absolute Gasteiger partial charge is 0.333 e. The van der Waals surface area contributed by atoms with Gasteiger partial charge in [-0.05, 0) is 31.5 Å². The summed E-state index contributed by atoms with van der Waals surface area (Å²) in [5.41, 5.74) is 7.46. The maximum absolute atomic E-state index is 12.8. The Labute approximate surface area is 158 Å². The number of hydrogen-bond acceptors (Lipinski definition) is 5. The number of carbonyl (C=O) groups excluding carboxylic acids is 3. The van der Waals surface area contributed by atoms with Crippen molar-refractivity contribution in [3.8, 4) is 0 Å². The Bertz CT molecular complexity index is 874. The summed E-state index contributed by atoms with van der Waals surface area (Å²) in [4.78, 5) is 36.5. The highest BCUT2D eigenvalue weighted by Gasteiger charge is 2.19. The number of carbonyl (C=O) groups is 3. The van der Waals surface area contributed by atoms with Crippen LogP contribution in [-0.4, -0.2) is 30.8 Å². The van der Waals surface area contributed by atoms with Gasteiger partial charge in [0.1, 0.15) is 0 Å². The van der Waals surface area contributed by atoms with Gasteiger partial charge >= 0.3 is 5.97 Å². The molecule has 0 saturated heterocycles. The molecule has 27 heavy (non-hydrogen) atoms. The molecule has 0 radical (unpaired) electrons. The van der Waals surface area contributed by atoms with E-state index in [-0.39, 0.29) is 29.4 Å². The van der Waals surface area contributed by atoms with Crippen molar-refractivity contribution in [3.05, 3.63) is 77.4 Å². The molecule has 0 fully saturated rings. The molecular formula is C21H22N2O4. The number of hydrogen-bond donors (Lipinski definition) is 2. The van der Waals surface area contributed by atoms with Crippen molar-refractivity contribution >= 4 is 23.3 Å². The Morgan fingerprint density at radius 1 is 1.00 bits per heavy atom. The van der Waals surface area contributed by atoms with E-state index in [9.17, 15) is 14.4 Å². The molecule has 140 valence electrons.